The SMILES string of the molecule is CC(C)(C)N1CCCC(C(=O)ON2C(=O)c3ccccc3C2=O)C1=O. The zero-order chi connectivity index (χ0) is 18.4. The average molecular weight is 344 g/mol. The van der Waals surface area contributed by atoms with Crippen LogP contribution in [0.4, 0.5) is 0 Å². The largest absolute Gasteiger partial charge is 0.345 e. The summed E-state index contributed by atoms with van der Waals surface area (Å²) >= 11 is 0. The molecule has 1 aromatic rings. The van der Waals surface area contributed by atoms with E-state index in [2.05, 4.69) is 0 Å². The van der Waals surface area contributed by atoms with Crippen molar-refractivity contribution in [2.24, 2.45) is 5.92 Å². The number of fused-ring (bicyclic) bond motifs is 1. The van der Waals surface area contributed by atoms with Gasteiger partial charge in [-0.05, 0) is 45.7 Å². The van der Waals surface area contributed by atoms with Crippen LogP contribution in [0.25, 0.3) is 0 Å². The van der Waals surface area contributed by atoms with Gasteiger partial charge in [0, 0.05) is 12.1 Å². The molecule has 0 radical (unpaired) electrons. The predicted molar refractivity (Wildman–Crippen MR) is 87.2 cm³/mol. The van der Waals surface area contributed by atoms with Crippen molar-refractivity contribution < 1.29 is 24.0 Å². The van der Waals surface area contributed by atoms with Gasteiger partial charge >= 0.3 is 5.97 Å². The number of amides is 3. The Labute approximate surface area is 145 Å². The first kappa shape index (κ1) is 17.1. The van der Waals surface area contributed by atoms with Crippen molar-refractivity contribution in [3.8, 4) is 0 Å². The number of piperidine rings is 1. The zero-order valence-corrected chi connectivity index (χ0v) is 14.4. The Kier molecular flexibility index (Phi) is 4.10. The summed E-state index contributed by atoms with van der Waals surface area (Å²) in [4.78, 5) is 56.3. The molecular weight excluding hydrogens is 324 g/mol. The van der Waals surface area contributed by atoms with Gasteiger partial charge in [-0.1, -0.05) is 17.2 Å². The number of carbonyl (C=O) groups is 4. The molecule has 2 aliphatic heterocycles. The summed E-state index contributed by atoms with van der Waals surface area (Å²) in [6.45, 7) is 6.24. The Hall–Kier alpha value is -2.70. The van der Waals surface area contributed by atoms with Gasteiger partial charge in [0.2, 0.25) is 5.91 Å². The van der Waals surface area contributed by atoms with Crippen molar-refractivity contribution in [3.05, 3.63) is 35.4 Å². The van der Waals surface area contributed by atoms with E-state index >= 15 is 0 Å². The number of nitrogens with zero attached hydrogens (tertiary/aromatic N) is 2. The van der Waals surface area contributed by atoms with Crippen LogP contribution in [-0.4, -0.2) is 45.7 Å². The van der Waals surface area contributed by atoms with E-state index in [1.807, 2.05) is 20.8 Å². The van der Waals surface area contributed by atoms with Gasteiger partial charge in [0.1, 0.15) is 5.92 Å². The molecule has 0 aliphatic carbocycles. The van der Waals surface area contributed by atoms with Crippen molar-refractivity contribution in [2.75, 3.05) is 6.54 Å². The lowest BCUT2D eigenvalue weighted by Crippen LogP contribution is -2.53. The Balaban J connectivity index is 1.76. The molecule has 25 heavy (non-hydrogen) atoms. The third-order valence-electron chi connectivity index (χ3n) is 4.47. The van der Waals surface area contributed by atoms with Crippen LogP contribution in [0, 0.1) is 5.92 Å². The second kappa shape index (κ2) is 5.98. The number of carbonyl (C=O) groups excluding carboxylic acids is 4. The topological polar surface area (TPSA) is 84.0 Å². The van der Waals surface area contributed by atoms with Gasteiger partial charge in [0.25, 0.3) is 11.8 Å². The number of likely N-dealkylation sites (tertiary alicyclic amines) is 1. The molecule has 0 N–H and O–H groups in total. The van der Waals surface area contributed by atoms with E-state index < -0.39 is 29.2 Å². The third kappa shape index (κ3) is 2.90. The second-order valence-electron chi connectivity index (χ2n) is 7.22. The van der Waals surface area contributed by atoms with Crippen LogP contribution in [0.3, 0.4) is 0 Å². The van der Waals surface area contributed by atoms with Crippen molar-refractivity contribution >= 4 is 23.7 Å². The quantitative estimate of drug-likeness (QED) is 0.603. The minimum absolute atomic E-state index is 0.187. The first-order valence-corrected chi connectivity index (χ1v) is 8.23. The van der Waals surface area contributed by atoms with Gasteiger partial charge in [0.15, 0.2) is 0 Å². The minimum atomic E-state index is -1.00. The molecule has 3 rings (SSSR count). The van der Waals surface area contributed by atoms with Crippen LogP contribution in [0.2, 0.25) is 0 Å². The summed E-state index contributed by atoms with van der Waals surface area (Å²) in [5.74, 6) is -3.58. The lowest BCUT2D eigenvalue weighted by Gasteiger charge is -2.40. The van der Waals surface area contributed by atoms with Crippen molar-refractivity contribution in [1.29, 1.82) is 0 Å². The monoisotopic (exact) mass is 344 g/mol. The molecule has 0 aromatic heterocycles. The second-order valence-corrected chi connectivity index (χ2v) is 7.22. The Morgan fingerprint density at radius 3 is 2.16 bits per heavy atom. The third-order valence-corrected chi connectivity index (χ3v) is 4.47. The highest BCUT2D eigenvalue weighted by Crippen LogP contribution is 2.28. The summed E-state index contributed by atoms with van der Waals surface area (Å²) in [6.07, 6.45) is 0.998. The van der Waals surface area contributed by atoms with Crippen LogP contribution in [0.5, 0.6) is 0 Å². The van der Waals surface area contributed by atoms with Crippen LogP contribution < -0.4 is 0 Å². The molecule has 3 amide bonds. The number of hydroxylamine groups is 2. The molecule has 2 heterocycles. The molecule has 0 saturated carbocycles. The van der Waals surface area contributed by atoms with Gasteiger partial charge in [0.05, 0.1) is 11.1 Å². The number of hydrogen-bond donors (Lipinski definition) is 0. The van der Waals surface area contributed by atoms with Crippen LogP contribution in [0.1, 0.15) is 54.3 Å². The predicted octanol–water partition coefficient (Wildman–Crippen LogP) is 1.78. The van der Waals surface area contributed by atoms with E-state index in [1.54, 1.807) is 17.0 Å². The normalized spacial score (nSPS) is 20.8. The maximum Gasteiger partial charge on any atom is 0.345 e. The van der Waals surface area contributed by atoms with Crippen molar-refractivity contribution in [2.45, 2.75) is 39.2 Å². The van der Waals surface area contributed by atoms with E-state index in [0.717, 1.165) is 0 Å². The van der Waals surface area contributed by atoms with Crippen LogP contribution in [0.15, 0.2) is 24.3 Å². The molecule has 1 atom stereocenters. The number of hydrogen-bond acceptors (Lipinski definition) is 5. The van der Waals surface area contributed by atoms with Crippen LogP contribution in [-0.2, 0) is 14.4 Å². The minimum Gasteiger partial charge on any atom is -0.337 e. The molecular formula is C18H20N2O5. The highest BCUT2D eigenvalue weighted by Gasteiger charge is 2.44. The summed E-state index contributed by atoms with van der Waals surface area (Å²) in [5.41, 5.74) is -0.0378. The highest BCUT2D eigenvalue weighted by atomic mass is 16.7. The fourth-order valence-corrected chi connectivity index (χ4v) is 3.16. The van der Waals surface area contributed by atoms with E-state index in [4.69, 9.17) is 4.84 Å². The van der Waals surface area contributed by atoms with Crippen LogP contribution >= 0.6 is 0 Å². The van der Waals surface area contributed by atoms with Gasteiger partial charge in [-0.2, -0.15) is 0 Å². The molecule has 0 bridgehead atoms. The standard InChI is InChI=1S/C18H20N2O5/c1-18(2,3)19-10-6-9-13(14(19)21)17(24)25-20-15(22)11-7-4-5-8-12(11)16(20)23/h4-5,7-8,13H,6,9-10H2,1-3H3. The Morgan fingerprint density at radius 2 is 1.64 bits per heavy atom. The highest BCUT2D eigenvalue weighted by molar-refractivity contribution is 6.21. The van der Waals surface area contributed by atoms with Crippen molar-refractivity contribution in [1.82, 2.24) is 9.96 Å². The first-order chi connectivity index (χ1) is 11.7. The zero-order valence-electron chi connectivity index (χ0n) is 14.4. The molecule has 1 aromatic carbocycles. The molecule has 1 unspecified atom stereocenters. The maximum atomic E-state index is 12.6. The summed E-state index contributed by atoms with van der Waals surface area (Å²) in [6, 6.07) is 6.25. The van der Waals surface area contributed by atoms with E-state index in [0.29, 0.717) is 24.4 Å². The number of benzene rings is 1. The van der Waals surface area contributed by atoms with Gasteiger partial charge in [-0.3, -0.25) is 14.4 Å². The Morgan fingerprint density at radius 1 is 1.08 bits per heavy atom. The van der Waals surface area contributed by atoms with E-state index in [-0.39, 0.29) is 17.0 Å². The fourth-order valence-electron chi connectivity index (χ4n) is 3.16. The molecule has 1 fully saturated rings. The number of imide groups is 1. The lowest BCUT2D eigenvalue weighted by atomic mass is 9.92. The summed E-state index contributed by atoms with van der Waals surface area (Å²) in [7, 11) is 0. The average Bonchev–Trinajstić information content (AvgIpc) is 2.79. The van der Waals surface area contributed by atoms with Gasteiger partial charge in [-0.25, -0.2) is 4.79 Å². The summed E-state index contributed by atoms with van der Waals surface area (Å²) in [5, 5.41) is 0.455. The van der Waals surface area contributed by atoms with E-state index in [9.17, 15) is 19.2 Å². The van der Waals surface area contributed by atoms with Gasteiger partial charge < -0.3 is 9.74 Å². The van der Waals surface area contributed by atoms with Gasteiger partial charge in [-0.15, -0.1) is 0 Å². The smallest absolute Gasteiger partial charge is 0.337 e. The first-order valence-electron chi connectivity index (χ1n) is 8.23. The molecule has 7 nitrogen and oxygen atoms in total. The maximum absolute atomic E-state index is 12.6. The molecule has 1 saturated heterocycles. The molecule has 2 aliphatic rings. The number of rotatable bonds is 2. The van der Waals surface area contributed by atoms with E-state index in [1.165, 1.54) is 12.1 Å². The lowest BCUT2D eigenvalue weighted by molar-refractivity contribution is -0.179. The molecule has 132 valence electrons. The van der Waals surface area contributed by atoms with Crippen molar-refractivity contribution in [3.63, 3.8) is 0 Å². The Bertz CT molecular complexity index is 730. The molecule has 7 heteroatoms. The fraction of sp³-hybridized carbons (Fsp3) is 0.444. The molecule has 0 spiro atoms. The summed E-state index contributed by atoms with van der Waals surface area (Å²) < 4.78 is 0.